The van der Waals surface area contributed by atoms with E-state index in [4.69, 9.17) is 0 Å². The van der Waals surface area contributed by atoms with Crippen LogP contribution in [0.15, 0.2) is 30.3 Å². The quantitative estimate of drug-likeness (QED) is 0.761. The molecule has 1 unspecified atom stereocenters. The Morgan fingerprint density at radius 3 is 2.87 bits per heavy atom. The molecule has 1 aliphatic rings. The Labute approximate surface area is 89.3 Å². The Balaban J connectivity index is 2.09. The molecule has 2 heterocycles. The summed E-state index contributed by atoms with van der Waals surface area (Å²) in [6.07, 6.45) is 1.25. The van der Waals surface area contributed by atoms with E-state index in [9.17, 15) is 0 Å². The molecule has 1 atom stereocenters. The SMILES string of the molecule is Cc1ccc2cc(C3CCN3)ccc2n1. The van der Waals surface area contributed by atoms with Crippen LogP contribution in [0.3, 0.4) is 0 Å². The lowest BCUT2D eigenvalue weighted by Gasteiger charge is -2.28. The molecule has 2 nitrogen and oxygen atoms in total. The first-order chi connectivity index (χ1) is 7.33. The van der Waals surface area contributed by atoms with Gasteiger partial charge in [0.2, 0.25) is 0 Å². The van der Waals surface area contributed by atoms with Gasteiger partial charge in [-0.05, 0) is 43.7 Å². The van der Waals surface area contributed by atoms with E-state index in [0.29, 0.717) is 6.04 Å². The van der Waals surface area contributed by atoms with Gasteiger partial charge < -0.3 is 5.32 Å². The molecule has 0 amide bonds. The minimum atomic E-state index is 0.565. The lowest BCUT2D eigenvalue weighted by molar-refractivity contribution is 0.383. The fourth-order valence-corrected chi connectivity index (χ4v) is 2.04. The summed E-state index contributed by atoms with van der Waals surface area (Å²) in [6.45, 7) is 3.18. The van der Waals surface area contributed by atoms with Crippen LogP contribution in [-0.4, -0.2) is 11.5 Å². The molecule has 76 valence electrons. The molecule has 1 fully saturated rings. The van der Waals surface area contributed by atoms with E-state index in [1.165, 1.54) is 17.4 Å². The molecule has 1 aromatic heterocycles. The van der Waals surface area contributed by atoms with E-state index >= 15 is 0 Å². The number of benzene rings is 1. The van der Waals surface area contributed by atoms with Crippen LogP contribution in [0, 0.1) is 6.92 Å². The summed E-state index contributed by atoms with van der Waals surface area (Å²) < 4.78 is 0. The third kappa shape index (κ3) is 1.51. The van der Waals surface area contributed by atoms with Gasteiger partial charge in [0.15, 0.2) is 0 Å². The molecule has 2 aromatic rings. The van der Waals surface area contributed by atoms with Crippen LogP contribution in [0.2, 0.25) is 0 Å². The molecule has 3 rings (SSSR count). The second-order valence-corrected chi connectivity index (χ2v) is 4.20. The summed E-state index contributed by atoms with van der Waals surface area (Å²) in [6, 6.07) is 11.3. The van der Waals surface area contributed by atoms with Crippen molar-refractivity contribution in [3.8, 4) is 0 Å². The summed E-state index contributed by atoms with van der Waals surface area (Å²) in [4.78, 5) is 4.50. The highest BCUT2D eigenvalue weighted by molar-refractivity contribution is 5.79. The van der Waals surface area contributed by atoms with E-state index in [-0.39, 0.29) is 0 Å². The van der Waals surface area contributed by atoms with Crippen molar-refractivity contribution in [2.75, 3.05) is 6.54 Å². The molecule has 1 saturated heterocycles. The molecule has 1 aliphatic heterocycles. The average molecular weight is 198 g/mol. The molecule has 0 aliphatic carbocycles. The molecule has 0 radical (unpaired) electrons. The average Bonchev–Trinajstić information content (AvgIpc) is 2.15. The smallest absolute Gasteiger partial charge is 0.0705 e. The van der Waals surface area contributed by atoms with Gasteiger partial charge in [-0.1, -0.05) is 12.1 Å². The monoisotopic (exact) mass is 198 g/mol. The van der Waals surface area contributed by atoms with E-state index in [1.807, 2.05) is 6.92 Å². The van der Waals surface area contributed by atoms with Gasteiger partial charge in [-0.3, -0.25) is 4.98 Å². The maximum Gasteiger partial charge on any atom is 0.0705 e. The topological polar surface area (TPSA) is 24.9 Å². The number of nitrogens with one attached hydrogen (secondary N) is 1. The number of rotatable bonds is 1. The Kier molecular flexibility index (Phi) is 1.96. The maximum atomic E-state index is 4.50. The van der Waals surface area contributed by atoms with Crippen LogP contribution in [-0.2, 0) is 0 Å². The van der Waals surface area contributed by atoms with Gasteiger partial charge in [0.25, 0.3) is 0 Å². The maximum absolute atomic E-state index is 4.50. The summed E-state index contributed by atoms with van der Waals surface area (Å²) in [5.41, 5.74) is 3.56. The van der Waals surface area contributed by atoms with E-state index < -0.39 is 0 Å². The van der Waals surface area contributed by atoms with Gasteiger partial charge in [-0.15, -0.1) is 0 Å². The highest BCUT2D eigenvalue weighted by Gasteiger charge is 2.18. The molecule has 0 saturated carbocycles. The predicted molar refractivity (Wildman–Crippen MR) is 61.8 cm³/mol. The van der Waals surface area contributed by atoms with Crippen LogP contribution < -0.4 is 5.32 Å². The zero-order chi connectivity index (χ0) is 10.3. The van der Waals surface area contributed by atoms with Crippen LogP contribution in [0.1, 0.15) is 23.7 Å². The van der Waals surface area contributed by atoms with Crippen molar-refractivity contribution in [3.05, 3.63) is 41.6 Å². The molecule has 1 aromatic carbocycles. The number of hydrogen-bond donors (Lipinski definition) is 1. The van der Waals surface area contributed by atoms with E-state index in [0.717, 1.165) is 17.8 Å². The Bertz CT molecular complexity index is 501. The van der Waals surface area contributed by atoms with Gasteiger partial charge in [0.05, 0.1) is 5.52 Å². The molecular weight excluding hydrogens is 184 g/mol. The van der Waals surface area contributed by atoms with E-state index in [1.54, 1.807) is 0 Å². The molecule has 0 bridgehead atoms. The standard InChI is InChI=1S/C13H14N2/c1-9-2-3-11-8-10(12-6-7-14-12)4-5-13(11)15-9/h2-5,8,12,14H,6-7H2,1H3. The van der Waals surface area contributed by atoms with Crippen LogP contribution in [0.4, 0.5) is 0 Å². The van der Waals surface area contributed by atoms with Crippen molar-refractivity contribution in [1.29, 1.82) is 0 Å². The zero-order valence-corrected chi connectivity index (χ0v) is 8.83. The Morgan fingerprint density at radius 2 is 2.13 bits per heavy atom. The second kappa shape index (κ2) is 3.31. The summed E-state index contributed by atoms with van der Waals surface area (Å²) in [5, 5.41) is 4.66. The first kappa shape index (κ1) is 8.86. The van der Waals surface area contributed by atoms with Crippen molar-refractivity contribution < 1.29 is 0 Å². The first-order valence-electron chi connectivity index (χ1n) is 5.44. The lowest BCUT2D eigenvalue weighted by atomic mass is 9.96. The molecule has 0 spiro atoms. The van der Waals surface area contributed by atoms with Gasteiger partial charge >= 0.3 is 0 Å². The number of fused-ring (bicyclic) bond motifs is 1. The van der Waals surface area contributed by atoms with Crippen LogP contribution in [0.5, 0.6) is 0 Å². The summed E-state index contributed by atoms with van der Waals surface area (Å²) in [5.74, 6) is 0. The van der Waals surface area contributed by atoms with Gasteiger partial charge in [0.1, 0.15) is 0 Å². The van der Waals surface area contributed by atoms with Gasteiger partial charge in [0, 0.05) is 17.1 Å². The molecular formula is C13H14N2. The third-order valence-corrected chi connectivity index (χ3v) is 3.08. The largest absolute Gasteiger partial charge is 0.310 e. The van der Waals surface area contributed by atoms with Gasteiger partial charge in [-0.2, -0.15) is 0 Å². The van der Waals surface area contributed by atoms with Gasteiger partial charge in [-0.25, -0.2) is 0 Å². The summed E-state index contributed by atoms with van der Waals surface area (Å²) >= 11 is 0. The zero-order valence-electron chi connectivity index (χ0n) is 8.83. The second-order valence-electron chi connectivity index (χ2n) is 4.20. The number of hydrogen-bond acceptors (Lipinski definition) is 2. The molecule has 1 N–H and O–H groups in total. The highest BCUT2D eigenvalue weighted by atomic mass is 15.0. The normalized spacial score (nSPS) is 20.2. The number of nitrogens with zero attached hydrogens (tertiary/aromatic N) is 1. The third-order valence-electron chi connectivity index (χ3n) is 3.08. The molecule has 15 heavy (non-hydrogen) atoms. The fourth-order valence-electron chi connectivity index (χ4n) is 2.04. The minimum Gasteiger partial charge on any atom is -0.310 e. The van der Waals surface area contributed by atoms with Crippen molar-refractivity contribution in [2.24, 2.45) is 0 Å². The predicted octanol–water partition coefficient (Wildman–Crippen LogP) is 2.58. The Morgan fingerprint density at radius 1 is 1.27 bits per heavy atom. The number of aromatic nitrogens is 1. The van der Waals surface area contributed by atoms with Crippen molar-refractivity contribution in [2.45, 2.75) is 19.4 Å². The first-order valence-corrected chi connectivity index (χ1v) is 5.44. The van der Waals surface area contributed by atoms with Crippen LogP contribution >= 0.6 is 0 Å². The lowest BCUT2D eigenvalue weighted by Crippen LogP contribution is -2.34. The van der Waals surface area contributed by atoms with Crippen LogP contribution in [0.25, 0.3) is 10.9 Å². The van der Waals surface area contributed by atoms with Crippen molar-refractivity contribution in [1.82, 2.24) is 10.3 Å². The van der Waals surface area contributed by atoms with Crippen molar-refractivity contribution >= 4 is 10.9 Å². The fraction of sp³-hybridized carbons (Fsp3) is 0.308. The Hall–Kier alpha value is -1.41. The number of pyridine rings is 1. The summed E-state index contributed by atoms with van der Waals surface area (Å²) in [7, 11) is 0. The minimum absolute atomic E-state index is 0.565. The molecule has 2 heteroatoms. The van der Waals surface area contributed by atoms with E-state index in [2.05, 4.69) is 40.6 Å². The highest BCUT2D eigenvalue weighted by Crippen LogP contribution is 2.25. The van der Waals surface area contributed by atoms with Crippen molar-refractivity contribution in [3.63, 3.8) is 0 Å². The number of aryl methyl sites for hydroxylation is 1.